The minimum atomic E-state index is -0.0797. The zero-order valence-corrected chi connectivity index (χ0v) is 21.0. The maximum absolute atomic E-state index is 11.8. The lowest BCUT2D eigenvalue weighted by molar-refractivity contribution is 0.0963. The summed E-state index contributed by atoms with van der Waals surface area (Å²) in [6.45, 7) is 4.39. The van der Waals surface area contributed by atoms with Crippen LogP contribution in [0.2, 0.25) is 0 Å². The van der Waals surface area contributed by atoms with Gasteiger partial charge in [0.05, 0.1) is 6.61 Å². The Hall–Kier alpha value is -2.33. The van der Waals surface area contributed by atoms with Gasteiger partial charge in [0.2, 0.25) is 0 Å². The minimum absolute atomic E-state index is 0. The Morgan fingerprint density at radius 3 is 2.61 bits per heavy atom. The maximum atomic E-state index is 11.8. The number of nitrogens with zero attached hydrogens (tertiary/aromatic N) is 1. The van der Waals surface area contributed by atoms with Crippen LogP contribution in [0, 0.1) is 6.92 Å². The van der Waals surface area contributed by atoms with Gasteiger partial charge in [0, 0.05) is 45.4 Å². The maximum Gasteiger partial charge on any atom is 0.251 e. The third-order valence-corrected chi connectivity index (χ3v) is 4.56. The quantitative estimate of drug-likeness (QED) is 0.187. The highest BCUT2D eigenvalue weighted by molar-refractivity contribution is 14.0. The summed E-state index contributed by atoms with van der Waals surface area (Å²) >= 11 is 0. The van der Waals surface area contributed by atoms with E-state index < -0.39 is 0 Å². The van der Waals surface area contributed by atoms with Crippen LogP contribution in [-0.2, 0) is 17.7 Å². The summed E-state index contributed by atoms with van der Waals surface area (Å²) in [4.78, 5) is 16.1. The van der Waals surface area contributed by atoms with E-state index in [0.717, 1.165) is 28.9 Å². The lowest BCUT2D eigenvalue weighted by Gasteiger charge is -2.15. The molecule has 0 aromatic heterocycles. The molecule has 2 rings (SSSR count). The minimum Gasteiger partial charge on any atom is -0.491 e. The number of nitrogens with one attached hydrogen (secondary N) is 3. The topological polar surface area (TPSA) is 84.0 Å². The number of amides is 1. The van der Waals surface area contributed by atoms with Gasteiger partial charge in [0.25, 0.3) is 5.91 Å². The van der Waals surface area contributed by atoms with Gasteiger partial charge in [-0.05, 0) is 42.7 Å². The first-order chi connectivity index (χ1) is 14.6. The smallest absolute Gasteiger partial charge is 0.251 e. The van der Waals surface area contributed by atoms with Crippen molar-refractivity contribution in [3.63, 3.8) is 0 Å². The molecule has 2 aromatic rings. The van der Waals surface area contributed by atoms with Gasteiger partial charge in [-0.15, -0.1) is 24.0 Å². The lowest BCUT2D eigenvalue weighted by atomic mass is 10.1. The molecule has 0 saturated heterocycles. The third kappa shape index (κ3) is 9.14. The second kappa shape index (κ2) is 14.6. The first-order valence-corrected chi connectivity index (χ1v) is 10.0. The molecule has 0 aliphatic heterocycles. The van der Waals surface area contributed by atoms with Gasteiger partial charge in [-0.1, -0.05) is 24.3 Å². The van der Waals surface area contributed by atoms with Crippen molar-refractivity contribution in [2.75, 3.05) is 41.0 Å². The van der Waals surface area contributed by atoms with Crippen molar-refractivity contribution in [1.82, 2.24) is 16.0 Å². The van der Waals surface area contributed by atoms with E-state index in [0.29, 0.717) is 37.8 Å². The van der Waals surface area contributed by atoms with Crippen molar-refractivity contribution >= 4 is 35.8 Å². The lowest BCUT2D eigenvalue weighted by Crippen LogP contribution is -2.38. The molecule has 7 nitrogen and oxygen atoms in total. The molecular weight excluding hydrogens is 507 g/mol. The number of carbonyl (C=O) groups is 1. The molecule has 0 saturated carbocycles. The molecule has 0 atom stereocenters. The standard InChI is InChI=1S/C23H32N4O3.HI/c1-17-8-9-20(21(14-17)30-13-12-29-4)16-27-23(25-3)26-11-10-18-6-5-7-19(15-18)22(28)24-2;/h5-9,14-15H,10-13,16H2,1-4H3,(H,24,28)(H2,25,26,27);1H. The second-order valence-corrected chi connectivity index (χ2v) is 6.83. The number of aliphatic imine (C=N–C) groups is 1. The molecule has 2 aromatic carbocycles. The molecule has 31 heavy (non-hydrogen) atoms. The van der Waals surface area contributed by atoms with E-state index in [1.165, 1.54) is 0 Å². The van der Waals surface area contributed by atoms with Crippen LogP contribution in [0.15, 0.2) is 47.5 Å². The van der Waals surface area contributed by atoms with Crippen LogP contribution in [0.1, 0.15) is 27.0 Å². The Labute approximate surface area is 202 Å². The molecule has 170 valence electrons. The summed E-state index contributed by atoms with van der Waals surface area (Å²) in [6.07, 6.45) is 0.779. The Morgan fingerprint density at radius 2 is 1.90 bits per heavy atom. The van der Waals surface area contributed by atoms with Crippen molar-refractivity contribution in [2.24, 2.45) is 4.99 Å². The molecule has 0 aliphatic rings. The van der Waals surface area contributed by atoms with Crippen LogP contribution in [0.25, 0.3) is 0 Å². The van der Waals surface area contributed by atoms with E-state index in [1.54, 1.807) is 21.2 Å². The van der Waals surface area contributed by atoms with Gasteiger partial charge in [-0.3, -0.25) is 9.79 Å². The number of hydrogen-bond acceptors (Lipinski definition) is 4. The molecular formula is C23H33IN4O3. The van der Waals surface area contributed by atoms with Crippen molar-refractivity contribution < 1.29 is 14.3 Å². The number of hydrogen-bond donors (Lipinski definition) is 3. The number of benzene rings is 2. The number of halogens is 1. The van der Waals surface area contributed by atoms with E-state index in [9.17, 15) is 4.79 Å². The molecule has 0 aliphatic carbocycles. The average Bonchev–Trinajstić information content (AvgIpc) is 2.77. The highest BCUT2D eigenvalue weighted by atomic mass is 127. The van der Waals surface area contributed by atoms with Crippen LogP contribution in [-0.4, -0.2) is 52.8 Å². The Kier molecular flexibility index (Phi) is 12.6. The highest BCUT2D eigenvalue weighted by Crippen LogP contribution is 2.20. The Morgan fingerprint density at radius 1 is 1.10 bits per heavy atom. The van der Waals surface area contributed by atoms with Crippen LogP contribution in [0.5, 0.6) is 5.75 Å². The van der Waals surface area contributed by atoms with Crippen molar-refractivity contribution in [3.05, 3.63) is 64.7 Å². The number of rotatable bonds is 10. The normalized spacial score (nSPS) is 10.8. The van der Waals surface area contributed by atoms with Crippen molar-refractivity contribution in [1.29, 1.82) is 0 Å². The number of methoxy groups -OCH3 is 1. The molecule has 0 bridgehead atoms. The van der Waals surface area contributed by atoms with E-state index in [4.69, 9.17) is 9.47 Å². The van der Waals surface area contributed by atoms with Crippen molar-refractivity contribution in [3.8, 4) is 5.75 Å². The monoisotopic (exact) mass is 540 g/mol. The van der Waals surface area contributed by atoms with Crippen molar-refractivity contribution in [2.45, 2.75) is 19.9 Å². The number of aryl methyl sites for hydroxylation is 1. The van der Waals surface area contributed by atoms with E-state index in [-0.39, 0.29) is 29.9 Å². The summed E-state index contributed by atoms with van der Waals surface area (Å²) in [5.74, 6) is 1.48. The molecule has 8 heteroatoms. The molecule has 0 unspecified atom stereocenters. The number of ether oxygens (including phenoxy) is 2. The van der Waals surface area contributed by atoms with Gasteiger partial charge in [0.15, 0.2) is 5.96 Å². The predicted molar refractivity (Wildman–Crippen MR) is 136 cm³/mol. The molecule has 3 N–H and O–H groups in total. The van der Waals surface area contributed by atoms with Gasteiger partial charge < -0.3 is 25.4 Å². The summed E-state index contributed by atoms with van der Waals surface area (Å²) in [6, 6.07) is 13.8. The zero-order chi connectivity index (χ0) is 21.8. The predicted octanol–water partition coefficient (Wildman–Crippen LogP) is 2.91. The first kappa shape index (κ1) is 26.7. The van der Waals surface area contributed by atoms with Crippen LogP contribution < -0.4 is 20.7 Å². The fourth-order valence-electron chi connectivity index (χ4n) is 2.91. The Bertz CT molecular complexity index is 858. The van der Waals surface area contributed by atoms with Gasteiger partial charge in [-0.2, -0.15) is 0 Å². The fraction of sp³-hybridized carbons (Fsp3) is 0.391. The summed E-state index contributed by atoms with van der Waals surface area (Å²) in [5.41, 5.74) is 3.95. The van der Waals surface area contributed by atoms with E-state index in [2.05, 4.69) is 33.1 Å². The largest absolute Gasteiger partial charge is 0.491 e. The van der Waals surface area contributed by atoms with E-state index >= 15 is 0 Å². The van der Waals surface area contributed by atoms with E-state index in [1.807, 2.05) is 37.3 Å². The highest BCUT2D eigenvalue weighted by Gasteiger charge is 2.07. The molecule has 1 amide bonds. The third-order valence-electron chi connectivity index (χ3n) is 4.56. The SMILES string of the molecule is CN=C(NCCc1cccc(C(=O)NC)c1)NCc1ccc(C)cc1OCCOC.I. The molecule has 0 heterocycles. The number of carbonyl (C=O) groups excluding carboxylic acids is 1. The number of guanidine groups is 1. The van der Waals surface area contributed by atoms with Crippen LogP contribution in [0.3, 0.4) is 0 Å². The fourth-order valence-corrected chi connectivity index (χ4v) is 2.91. The Balaban J connectivity index is 0.00000480. The van der Waals surface area contributed by atoms with Gasteiger partial charge in [-0.25, -0.2) is 0 Å². The first-order valence-electron chi connectivity index (χ1n) is 10.0. The zero-order valence-electron chi connectivity index (χ0n) is 18.7. The van der Waals surface area contributed by atoms with Crippen LogP contribution >= 0.6 is 24.0 Å². The second-order valence-electron chi connectivity index (χ2n) is 6.83. The molecule has 0 fully saturated rings. The summed E-state index contributed by atoms with van der Waals surface area (Å²) in [5, 5.41) is 9.28. The van der Waals surface area contributed by atoms with Crippen LogP contribution in [0.4, 0.5) is 0 Å². The average molecular weight is 540 g/mol. The van der Waals surface area contributed by atoms with Gasteiger partial charge >= 0.3 is 0 Å². The van der Waals surface area contributed by atoms with Gasteiger partial charge in [0.1, 0.15) is 12.4 Å². The molecule has 0 spiro atoms. The summed E-state index contributed by atoms with van der Waals surface area (Å²) in [7, 11) is 5.04. The molecule has 0 radical (unpaired) electrons. The summed E-state index contributed by atoms with van der Waals surface area (Å²) < 4.78 is 10.9.